The van der Waals surface area contributed by atoms with Crippen molar-refractivity contribution >= 4 is 5.91 Å². The fraction of sp³-hybridized carbons (Fsp3) is 0.692. The molecule has 0 saturated carbocycles. The summed E-state index contributed by atoms with van der Waals surface area (Å²) in [5, 5.41) is 3.60. The zero-order chi connectivity index (χ0) is 15.5. The predicted octanol–water partition coefficient (Wildman–Crippen LogP) is 2.30. The molecular formula is C13H18F3N3O2. The van der Waals surface area contributed by atoms with Gasteiger partial charge in [0.25, 0.3) is 5.91 Å². The van der Waals surface area contributed by atoms with E-state index in [9.17, 15) is 18.0 Å². The zero-order valence-electron chi connectivity index (χ0n) is 11.5. The largest absolute Gasteiger partial charge is 0.389 e. The van der Waals surface area contributed by atoms with Crippen LogP contribution in [0.3, 0.4) is 0 Å². The molecule has 0 atom stereocenters. The first kappa shape index (κ1) is 15.8. The summed E-state index contributed by atoms with van der Waals surface area (Å²) >= 11 is 0. The molecule has 1 aliphatic rings. The smallest absolute Gasteiger partial charge is 0.364 e. The minimum atomic E-state index is -4.09. The quantitative estimate of drug-likeness (QED) is 0.906. The molecule has 0 aliphatic carbocycles. The zero-order valence-corrected chi connectivity index (χ0v) is 11.5. The van der Waals surface area contributed by atoms with Crippen LogP contribution in [-0.4, -0.2) is 41.8 Å². The SMILES string of the molecule is NC(=O)c1nocc1C1CCN(CCCC(F)(F)F)CC1. The molecule has 2 rings (SSSR count). The van der Waals surface area contributed by atoms with E-state index in [0.717, 1.165) is 12.8 Å². The van der Waals surface area contributed by atoms with Gasteiger partial charge in [-0.2, -0.15) is 13.2 Å². The van der Waals surface area contributed by atoms with Gasteiger partial charge in [-0.05, 0) is 44.8 Å². The van der Waals surface area contributed by atoms with Crippen LogP contribution in [0.1, 0.15) is 47.7 Å². The minimum absolute atomic E-state index is 0.119. The molecule has 0 aromatic carbocycles. The van der Waals surface area contributed by atoms with Crippen LogP contribution in [0.2, 0.25) is 0 Å². The van der Waals surface area contributed by atoms with Crippen LogP contribution < -0.4 is 5.73 Å². The van der Waals surface area contributed by atoms with Crippen LogP contribution in [0.25, 0.3) is 0 Å². The maximum Gasteiger partial charge on any atom is 0.389 e. The van der Waals surface area contributed by atoms with Gasteiger partial charge in [0.05, 0.1) is 0 Å². The highest BCUT2D eigenvalue weighted by molar-refractivity contribution is 5.92. The van der Waals surface area contributed by atoms with Gasteiger partial charge in [-0.15, -0.1) is 0 Å². The highest BCUT2D eigenvalue weighted by Gasteiger charge is 2.29. The van der Waals surface area contributed by atoms with Crippen molar-refractivity contribution < 1.29 is 22.5 Å². The second-order valence-corrected chi connectivity index (χ2v) is 5.32. The van der Waals surface area contributed by atoms with Crippen molar-refractivity contribution in [2.75, 3.05) is 19.6 Å². The summed E-state index contributed by atoms with van der Waals surface area (Å²) in [7, 11) is 0. The number of hydrogen-bond acceptors (Lipinski definition) is 4. The van der Waals surface area contributed by atoms with E-state index in [0.29, 0.717) is 25.2 Å². The maximum atomic E-state index is 12.1. The Kier molecular flexibility index (Phi) is 4.87. The topological polar surface area (TPSA) is 72.4 Å². The molecule has 0 unspecified atom stereocenters. The fourth-order valence-electron chi connectivity index (χ4n) is 2.69. The summed E-state index contributed by atoms with van der Waals surface area (Å²) < 4.78 is 41.1. The molecule has 1 aromatic heterocycles. The third-order valence-electron chi connectivity index (χ3n) is 3.79. The fourth-order valence-corrected chi connectivity index (χ4v) is 2.69. The molecule has 2 heterocycles. The number of alkyl halides is 3. The lowest BCUT2D eigenvalue weighted by Gasteiger charge is -2.31. The van der Waals surface area contributed by atoms with Crippen LogP contribution in [0.15, 0.2) is 10.8 Å². The second-order valence-electron chi connectivity index (χ2n) is 5.32. The van der Waals surface area contributed by atoms with Gasteiger partial charge in [-0.1, -0.05) is 5.16 Å². The van der Waals surface area contributed by atoms with Crippen LogP contribution in [-0.2, 0) is 0 Å². The van der Waals surface area contributed by atoms with Gasteiger partial charge in [0.1, 0.15) is 6.26 Å². The van der Waals surface area contributed by atoms with Crippen molar-refractivity contribution in [3.63, 3.8) is 0 Å². The first-order valence-corrected chi connectivity index (χ1v) is 6.90. The Morgan fingerprint density at radius 1 is 1.43 bits per heavy atom. The normalized spacial score (nSPS) is 18.0. The summed E-state index contributed by atoms with van der Waals surface area (Å²) in [4.78, 5) is 13.2. The highest BCUT2D eigenvalue weighted by atomic mass is 19.4. The highest BCUT2D eigenvalue weighted by Crippen LogP contribution is 2.30. The van der Waals surface area contributed by atoms with E-state index in [1.165, 1.54) is 6.26 Å². The van der Waals surface area contributed by atoms with Gasteiger partial charge >= 0.3 is 6.18 Å². The van der Waals surface area contributed by atoms with E-state index in [2.05, 4.69) is 5.16 Å². The molecule has 0 bridgehead atoms. The van der Waals surface area contributed by atoms with Gasteiger partial charge in [0.15, 0.2) is 5.69 Å². The first-order valence-electron chi connectivity index (χ1n) is 6.90. The Bertz CT molecular complexity index is 479. The van der Waals surface area contributed by atoms with Gasteiger partial charge in [0, 0.05) is 12.0 Å². The Morgan fingerprint density at radius 2 is 2.10 bits per heavy atom. The van der Waals surface area contributed by atoms with E-state index in [-0.39, 0.29) is 18.0 Å². The average Bonchev–Trinajstić information content (AvgIpc) is 2.87. The summed E-state index contributed by atoms with van der Waals surface area (Å²) in [5.74, 6) is -0.496. The molecule has 21 heavy (non-hydrogen) atoms. The van der Waals surface area contributed by atoms with E-state index in [4.69, 9.17) is 10.3 Å². The number of rotatable bonds is 5. The molecule has 118 valence electrons. The Balaban J connectivity index is 1.80. The van der Waals surface area contributed by atoms with Crippen molar-refractivity contribution in [2.45, 2.75) is 37.8 Å². The van der Waals surface area contributed by atoms with E-state index in [1.54, 1.807) is 0 Å². The molecule has 1 fully saturated rings. The summed E-state index contributed by atoms with van der Waals surface area (Å²) in [6, 6.07) is 0. The number of piperidine rings is 1. The van der Waals surface area contributed by atoms with Gasteiger partial charge in [-0.25, -0.2) is 0 Å². The number of aromatic nitrogens is 1. The van der Waals surface area contributed by atoms with Gasteiger partial charge in [-0.3, -0.25) is 4.79 Å². The van der Waals surface area contributed by atoms with E-state index >= 15 is 0 Å². The monoisotopic (exact) mass is 305 g/mol. The summed E-state index contributed by atoms with van der Waals surface area (Å²) in [6.45, 7) is 1.84. The molecule has 2 N–H and O–H groups in total. The number of nitrogens with two attached hydrogens (primary N) is 1. The van der Waals surface area contributed by atoms with Crippen molar-refractivity contribution in [3.05, 3.63) is 17.5 Å². The second kappa shape index (κ2) is 6.46. The number of nitrogens with zero attached hydrogens (tertiary/aromatic N) is 2. The van der Waals surface area contributed by atoms with Crippen LogP contribution in [0.4, 0.5) is 13.2 Å². The number of hydrogen-bond donors (Lipinski definition) is 1. The van der Waals surface area contributed by atoms with Crippen LogP contribution in [0.5, 0.6) is 0 Å². The van der Waals surface area contributed by atoms with Crippen molar-refractivity contribution in [1.29, 1.82) is 0 Å². The lowest BCUT2D eigenvalue weighted by molar-refractivity contribution is -0.136. The standard InChI is InChI=1S/C13H18F3N3O2/c14-13(15,16)4-1-5-19-6-2-9(3-7-19)10-8-21-18-11(10)12(17)20/h8-9H,1-7H2,(H2,17,20). The maximum absolute atomic E-state index is 12.1. The third-order valence-corrected chi connectivity index (χ3v) is 3.79. The average molecular weight is 305 g/mol. The van der Waals surface area contributed by atoms with Crippen molar-refractivity contribution in [3.8, 4) is 0 Å². The molecule has 1 amide bonds. The Hall–Kier alpha value is -1.57. The summed E-state index contributed by atoms with van der Waals surface area (Å²) in [6.07, 6.45) is -1.76. The molecule has 0 spiro atoms. The Labute approximate surface area is 120 Å². The molecule has 1 saturated heterocycles. The number of carbonyl (C=O) groups is 1. The van der Waals surface area contributed by atoms with Crippen LogP contribution >= 0.6 is 0 Å². The number of carbonyl (C=O) groups excluding carboxylic acids is 1. The Morgan fingerprint density at radius 3 is 2.67 bits per heavy atom. The van der Waals surface area contributed by atoms with Crippen molar-refractivity contribution in [1.82, 2.24) is 10.1 Å². The van der Waals surface area contributed by atoms with Crippen molar-refractivity contribution in [2.24, 2.45) is 5.73 Å². The number of primary amides is 1. The molecule has 8 heteroatoms. The van der Waals surface area contributed by atoms with E-state index < -0.39 is 18.5 Å². The minimum Gasteiger partial charge on any atom is -0.364 e. The molecular weight excluding hydrogens is 287 g/mol. The number of likely N-dealkylation sites (tertiary alicyclic amines) is 1. The van der Waals surface area contributed by atoms with Crippen LogP contribution in [0, 0.1) is 0 Å². The molecule has 1 aliphatic heterocycles. The third kappa shape index (κ3) is 4.45. The van der Waals surface area contributed by atoms with Gasteiger partial charge < -0.3 is 15.2 Å². The van der Waals surface area contributed by atoms with Gasteiger partial charge in [0.2, 0.25) is 0 Å². The van der Waals surface area contributed by atoms with E-state index in [1.807, 2.05) is 4.90 Å². The molecule has 0 radical (unpaired) electrons. The summed E-state index contributed by atoms with van der Waals surface area (Å²) in [5.41, 5.74) is 6.08. The number of halogens is 3. The predicted molar refractivity (Wildman–Crippen MR) is 68.7 cm³/mol. The lowest BCUT2D eigenvalue weighted by atomic mass is 9.89. The number of amides is 1. The molecule has 5 nitrogen and oxygen atoms in total. The first-order chi connectivity index (χ1) is 9.87. The lowest BCUT2D eigenvalue weighted by Crippen LogP contribution is -2.34. The molecule has 1 aromatic rings.